The molecule has 2 aliphatic rings. The molecule has 2 atom stereocenters. The van der Waals surface area contributed by atoms with E-state index in [0.717, 1.165) is 66.2 Å². The van der Waals surface area contributed by atoms with Crippen LogP contribution < -0.4 is 10.9 Å². The normalized spacial score (nSPS) is 24.6. The number of nitrogens with one attached hydrogen (secondary N) is 2. The predicted molar refractivity (Wildman–Crippen MR) is 92.1 cm³/mol. The smallest absolute Gasteiger partial charge is 0.259 e. The molecule has 0 unspecified atom stereocenters. The second-order valence-corrected chi connectivity index (χ2v) is 7.55. The Balaban J connectivity index is 0.00000144. The molecule has 120 valence electrons. The van der Waals surface area contributed by atoms with Crippen molar-refractivity contribution in [2.45, 2.75) is 20.4 Å². The van der Waals surface area contributed by atoms with Crippen LogP contribution in [-0.4, -0.2) is 41.0 Å². The zero-order chi connectivity index (χ0) is 14.6. The number of hydrogen-bond acceptors (Lipinski definition) is 5. The van der Waals surface area contributed by atoms with Crippen LogP contribution in [0.3, 0.4) is 0 Å². The fourth-order valence-corrected chi connectivity index (χ4v) is 4.72. The summed E-state index contributed by atoms with van der Waals surface area (Å²) in [4.78, 5) is 24.4. The number of aromatic amines is 1. The van der Waals surface area contributed by atoms with Crippen molar-refractivity contribution in [3.05, 3.63) is 26.6 Å². The number of H-pyrrole nitrogens is 1. The second-order valence-electron chi connectivity index (χ2n) is 6.35. The lowest BCUT2D eigenvalue weighted by Crippen LogP contribution is -2.27. The summed E-state index contributed by atoms with van der Waals surface area (Å²) >= 11 is 1.62. The van der Waals surface area contributed by atoms with Gasteiger partial charge in [0.15, 0.2) is 0 Å². The molecule has 2 fully saturated rings. The van der Waals surface area contributed by atoms with Crippen molar-refractivity contribution in [3.63, 3.8) is 0 Å². The van der Waals surface area contributed by atoms with Crippen LogP contribution >= 0.6 is 23.7 Å². The molecule has 22 heavy (non-hydrogen) atoms. The number of thiophene rings is 1. The quantitative estimate of drug-likeness (QED) is 0.873. The Labute approximate surface area is 139 Å². The molecule has 5 nitrogen and oxygen atoms in total. The number of aryl methyl sites for hydroxylation is 2. The van der Waals surface area contributed by atoms with E-state index in [-0.39, 0.29) is 18.0 Å². The number of aromatic nitrogens is 2. The third kappa shape index (κ3) is 2.58. The molecule has 7 heteroatoms. The number of likely N-dealkylation sites (tertiary alicyclic amines) is 1. The van der Waals surface area contributed by atoms with Gasteiger partial charge in [-0.15, -0.1) is 23.7 Å². The highest BCUT2D eigenvalue weighted by atomic mass is 35.5. The van der Waals surface area contributed by atoms with E-state index < -0.39 is 0 Å². The maximum absolute atomic E-state index is 12.3. The van der Waals surface area contributed by atoms with Gasteiger partial charge in [-0.3, -0.25) is 9.69 Å². The van der Waals surface area contributed by atoms with Gasteiger partial charge in [-0.05, 0) is 44.3 Å². The first kappa shape index (κ1) is 15.9. The molecule has 0 aliphatic carbocycles. The number of halogens is 1. The van der Waals surface area contributed by atoms with Gasteiger partial charge in [0.2, 0.25) is 0 Å². The third-order valence-electron chi connectivity index (χ3n) is 4.93. The Morgan fingerprint density at radius 2 is 1.95 bits per heavy atom. The molecule has 4 rings (SSSR count). The Hall–Kier alpha value is -0.950. The summed E-state index contributed by atoms with van der Waals surface area (Å²) in [5.41, 5.74) is 1.08. The SMILES string of the molecule is Cc1sc2nc(CN3C[C@H]4CNC[C@H]4C3)[nH]c(=O)c2c1C.Cl. The van der Waals surface area contributed by atoms with Crippen LogP contribution in [-0.2, 0) is 6.54 Å². The standard InChI is InChI=1S/C15H20N4OS.ClH/c1-8-9(2)21-15-13(8)14(20)17-12(18-15)7-19-5-10-3-16-4-11(10)6-19;/h10-11,16H,3-7H2,1-2H3,(H,17,18,20);1H/t10-,11+;. The van der Waals surface area contributed by atoms with Gasteiger partial charge < -0.3 is 10.3 Å². The van der Waals surface area contributed by atoms with Crippen molar-refractivity contribution in [2.75, 3.05) is 26.2 Å². The summed E-state index contributed by atoms with van der Waals surface area (Å²) in [6, 6.07) is 0. The first-order chi connectivity index (χ1) is 10.1. The first-order valence-electron chi connectivity index (χ1n) is 7.54. The third-order valence-corrected chi connectivity index (χ3v) is 6.03. The van der Waals surface area contributed by atoms with E-state index in [1.807, 2.05) is 6.92 Å². The Kier molecular flexibility index (Phi) is 4.29. The van der Waals surface area contributed by atoms with Gasteiger partial charge in [0.1, 0.15) is 10.7 Å². The average Bonchev–Trinajstić information content (AvgIpc) is 3.04. The lowest BCUT2D eigenvalue weighted by molar-refractivity contribution is 0.298. The minimum atomic E-state index is 0. The van der Waals surface area contributed by atoms with Crippen LogP contribution in [0, 0.1) is 25.7 Å². The lowest BCUT2D eigenvalue weighted by Gasteiger charge is -2.15. The van der Waals surface area contributed by atoms with E-state index in [1.54, 1.807) is 11.3 Å². The van der Waals surface area contributed by atoms with Crippen LogP contribution in [0.5, 0.6) is 0 Å². The number of fused-ring (bicyclic) bond motifs is 2. The largest absolute Gasteiger partial charge is 0.316 e. The molecule has 0 spiro atoms. The van der Waals surface area contributed by atoms with Crippen LogP contribution in [0.4, 0.5) is 0 Å². The molecule has 0 aromatic carbocycles. The van der Waals surface area contributed by atoms with E-state index in [1.165, 1.54) is 4.88 Å². The van der Waals surface area contributed by atoms with Gasteiger partial charge in [0, 0.05) is 18.0 Å². The summed E-state index contributed by atoms with van der Waals surface area (Å²) in [5.74, 6) is 2.35. The first-order valence-corrected chi connectivity index (χ1v) is 8.35. The number of rotatable bonds is 2. The molecule has 0 bridgehead atoms. The molecule has 2 aromatic rings. The molecule has 2 N–H and O–H groups in total. The van der Waals surface area contributed by atoms with E-state index in [0.29, 0.717) is 0 Å². The highest BCUT2D eigenvalue weighted by Gasteiger charge is 2.36. The van der Waals surface area contributed by atoms with Crippen molar-refractivity contribution in [1.29, 1.82) is 0 Å². The Morgan fingerprint density at radius 3 is 2.64 bits per heavy atom. The Bertz CT molecular complexity index is 744. The topological polar surface area (TPSA) is 61.0 Å². The van der Waals surface area contributed by atoms with E-state index in [2.05, 4.69) is 27.1 Å². The number of hydrogen-bond donors (Lipinski definition) is 2. The van der Waals surface area contributed by atoms with Gasteiger partial charge >= 0.3 is 0 Å². The highest BCUT2D eigenvalue weighted by Crippen LogP contribution is 2.28. The summed E-state index contributed by atoms with van der Waals surface area (Å²) in [6.07, 6.45) is 0. The molecular formula is C15H21ClN4OS. The molecular weight excluding hydrogens is 320 g/mol. The van der Waals surface area contributed by atoms with Crippen molar-refractivity contribution in [2.24, 2.45) is 11.8 Å². The van der Waals surface area contributed by atoms with Crippen molar-refractivity contribution in [1.82, 2.24) is 20.2 Å². The summed E-state index contributed by atoms with van der Waals surface area (Å²) < 4.78 is 0. The maximum atomic E-state index is 12.3. The van der Waals surface area contributed by atoms with Gasteiger partial charge in [-0.1, -0.05) is 0 Å². The molecule has 0 amide bonds. The highest BCUT2D eigenvalue weighted by molar-refractivity contribution is 7.18. The van der Waals surface area contributed by atoms with Crippen LogP contribution in [0.25, 0.3) is 10.2 Å². The van der Waals surface area contributed by atoms with Crippen molar-refractivity contribution in [3.8, 4) is 0 Å². The Morgan fingerprint density at radius 1 is 1.27 bits per heavy atom. The monoisotopic (exact) mass is 340 g/mol. The average molecular weight is 341 g/mol. The van der Waals surface area contributed by atoms with E-state index in [4.69, 9.17) is 0 Å². The van der Waals surface area contributed by atoms with Gasteiger partial charge in [-0.25, -0.2) is 4.98 Å². The second kappa shape index (κ2) is 5.92. The fraction of sp³-hybridized carbons (Fsp3) is 0.600. The van der Waals surface area contributed by atoms with Crippen molar-refractivity contribution >= 4 is 34.0 Å². The van der Waals surface area contributed by atoms with Gasteiger partial charge in [0.05, 0.1) is 11.9 Å². The molecule has 4 heterocycles. The van der Waals surface area contributed by atoms with Crippen molar-refractivity contribution < 1.29 is 0 Å². The van der Waals surface area contributed by atoms with Crippen LogP contribution in [0.2, 0.25) is 0 Å². The molecule has 0 radical (unpaired) electrons. The summed E-state index contributed by atoms with van der Waals surface area (Å²) in [5, 5.41) is 4.22. The van der Waals surface area contributed by atoms with E-state index in [9.17, 15) is 4.79 Å². The molecule has 2 saturated heterocycles. The fourth-order valence-electron chi connectivity index (χ4n) is 3.67. The van der Waals surface area contributed by atoms with Crippen LogP contribution in [0.1, 0.15) is 16.3 Å². The summed E-state index contributed by atoms with van der Waals surface area (Å²) in [7, 11) is 0. The lowest BCUT2D eigenvalue weighted by atomic mass is 10.0. The number of nitrogens with zero attached hydrogens (tertiary/aromatic N) is 2. The van der Waals surface area contributed by atoms with Gasteiger partial charge in [0.25, 0.3) is 5.56 Å². The summed E-state index contributed by atoms with van der Waals surface area (Å²) in [6.45, 7) is 9.30. The predicted octanol–water partition coefficient (Wildman–Crippen LogP) is 1.67. The van der Waals surface area contributed by atoms with Crippen LogP contribution in [0.15, 0.2) is 4.79 Å². The molecule has 0 saturated carbocycles. The van der Waals surface area contributed by atoms with E-state index >= 15 is 0 Å². The zero-order valence-corrected chi connectivity index (χ0v) is 14.4. The minimum absolute atomic E-state index is 0. The molecule has 2 aliphatic heterocycles. The minimum Gasteiger partial charge on any atom is -0.316 e. The zero-order valence-electron chi connectivity index (χ0n) is 12.8. The maximum Gasteiger partial charge on any atom is 0.259 e. The molecule has 2 aromatic heterocycles. The van der Waals surface area contributed by atoms with Gasteiger partial charge in [-0.2, -0.15) is 0 Å².